The lowest BCUT2D eigenvalue weighted by atomic mass is 9.95. The van der Waals surface area contributed by atoms with Gasteiger partial charge in [0.25, 0.3) is 5.91 Å². The number of fused-ring (bicyclic) bond motifs is 1. The van der Waals surface area contributed by atoms with Crippen molar-refractivity contribution in [3.63, 3.8) is 0 Å². The second kappa shape index (κ2) is 7.48. The van der Waals surface area contributed by atoms with E-state index in [1.807, 2.05) is 30.3 Å². The van der Waals surface area contributed by atoms with Gasteiger partial charge in [-0.1, -0.05) is 18.2 Å². The monoisotopic (exact) mass is 381 g/mol. The van der Waals surface area contributed by atoms with Crippen LogP contribution in [0.25, 0.3) is 10.9 Å². The van der Waals surface area contributed by atoms with Gasteiger partial charge in [0.05, 0.1) is 16.6 Å². The molecule has 2 aliphatic carbocycles. The Balaban J connectivity index is 0.00000113. The quantitative estimate of drug-likeness (QED) is 0.826. The number of nitrogens with one attached hydrogen (secondary N) is 1. The number of amides is 1. The van der Waals surface area contributed by atoms with Gasteiger partial charge in [0.2, 0.25) is 0 Å². The van der Waals surface area contributed by atoms with Gasteiger partial charge in [0, 0.05) is 23.5 Å². The van der Waals surface area contributed by atoms with E-state index in [9.17, 15) is 4.79 Å². The lowest BCUT2D eigenvalue weighted by molar-refractivity contribution is 0.0899. The third-order valence-corrected chi connectivity index (χ3v) is 5.28. The zero-order chi connectivity index (χ0) is 16.0. The van der Waals surface area contributed by atoms with Crippen molar-refractivity contribution >= 4 is 41.6 Å². The summed E-state index contributed by atoms with van der Waals surface area (Å²) >= 11 is 0. The number of rotatable bonds is 5. The SMILES string of the molecule is CC(CN)(NC(=O)c1cc(C2CC2)nc2ccccc12)C1CC1.Cl.Cl. The fourth-order valence-electron chi connectivity index (χ4n) is 3.34. The fourth-order valence-corrected chi connectivity index (χ4v) is 3.34. The number of carbonyl (C=O) groups excluding carboxylic acids is 1. The van der Waals surface area contributed by atoms with E-state index in [-0.39, 0.29) is 36.3 Å². The third-order valence-electron chi connectivity index (χ3n) is 5.28. The predicted molar refractivity (Wildman–Crippen MR) is 106 cm³/mol. The number of para-hydroxylation sites is 1. The zero-order valence-corrected chi connectivity index (χ0v) is 16.0. The highest BCUT2D eigenvalue weighted by molar-refractivity contribution is 6.06. The first-order valence-electron chi connectivity index (χ1n) is 8.53. The number of benzene rings is 1. The van der Waals surface area contributed by atoms with Crippen LogP contribution in [0.5, 0.6) is 0 Å². The van der Waals surface area contributed by atoms with Crippen LogP contribution in [0.3, 0.4) is 0 Å². The zero-order valence-electron chi connectivity index (χ0n) is 14.3. The Kier molecular flexibility index (Phi) is 5.97. The lowest BCUT2D eigenvalue weighted by Crippen LogP contribution is -2.53. The van der Waals surface area contributed by atoms with Gasteiger partial charge >= 0.3 is 0 Å². The van der Waals surface area contributed by atoms with Gasteiger partial charge in [-0.05, 0) is 50.7 Å². The Morgan fingerprint density at radius 2 is 1.92 bits per heavy atom. The van der Waals surface area contributed by atoms with Crippen LogP contribution in [0.4, 0.5) is 0 Å². The van der Waals surface area contributed by atoms with Crippen molar-refractivity contribution < 1.29 is 4.79 Å². The summed E-state index contributed by atoms with van der Waals surface area (Å²) in [6, 6.07) is 9.88. The molecule has 136 valence electrons. The van der Waals surface area contributed by atoms with Crippen LogP contribution >= 0.6 is 24.8 Å². The molecule has 1 heterocycles. The van der Waals surface area contributed by atoms with Crippen LogP contribution in [0.2, 0.25) is 0 Å². The minimum absolute atomic E-state index is 0. The molecule has 2 fully saturated rings. The highest BCUT2D eigenvalue weighted by atomic mass is 35.5. The third kappa shape index (κ3) is 3.91. The summed E-state index contributed by atoms with van der Waals surface area (Å²) in [4.78, 5) is 17.7. The highest BCUT2D eigenvalue weighted by Gasteiger charge is 2.42. The smallest absolute Gasteiger partial charge is 0.252 e. The number of pyridine rings is 1. The number of nitrogens with two attached hydrogens (primary N) is 1. The summed E-state index contributed by atoms with van der Waals surface area (Å²) in [5.41, 5.74) is 8.33. The molecule has 4 nitrogen and oxygen atoms in total. The van der Waals surface area contributed by atoms with Gasteiger partial charge in [-0.2, -0.15) is 0 Å². The van der Waals surface area contributed by atoms with Gasteiger partial charge in [-0.3, -0.25) is 9.78 Å². The van der Waals surface area contributed by atoms with Crippen LogP contribution in [0, 0.1) is 5.92 Å². The number of aromatic nitrogens is 1. The first-order chi connectivity index (χ1) is 11.1. The molecule has 1 aromatic carbocycles. The summed E-state index contributed by atoms with van der Waals surface area (Å²) in [5, 5.41) is 4.13. The Labute approximate surface area is 160 Å². The molecule has 2 aromatic rings. The Morgan fingerprint density at radius 1 is 1.24 bits per heavy atom. The average Bonchev–Trinajstić information content (AvgIpc) is 3.44. The van der Waals surface area contributed by atoms with Crippen molar-refractivity contribution in [1.29, 1.82) is 0 Å². The largest absolute Gasteiger partial charge is 0.345 e. The molecule has 6 heteroatoms. The first-order valence-corrected chi connectivity index (χ1v) is 8.53. The van der Waals surface area contributed by atoms with E-state index in [1.54, 1.807) is 0 Å². The molecule has 1 atom stereocenters. The minimum atomic E-state index is -0.304. The second-order valence-electron chi connectivity index (χ2n) is 7.24. The van der Waals surface area contributed by atoms with Crippen LogP contribution in [0.1, 0.15) is 54.6 Å². The molecule has 0 spiro atoms. The second-order valence-corrected chi connectivity index (χ2v) is 7.24. The predicted octanol–water partition coefficient (Wildman–Crippen LogP) is 3.81. The van der Waals surface area contributed by atoms with Crippen molar-refractivity contribution in [2.24, 2.45) is 11.7 Å². The maximum atomic E-state index is 13.0. The molecular formula is C19H25Cl2N3O. The molecule has 4 rings (SSSR count). The summed E-state index contributed by atoms with van der Waals surface area (Å²) in [6.45, 7) is 2.54. The van der Waals surface area contributed by atoms with Crippen molar-refractivity contribution in [2.75, 3.05) is 6.54 Å². The van der Waals surface area contributed by atoms with Gasteiger partial charge in [-0.15, -0.1) is 24.8 Å². The Morgan fingerprint density at radius 3 is 2.52 bits per heavy atom. The minimum Gasteiger partial charge on any atom is -0.345 e. The summed E-state index contributed by atoms with van der Waals surface area (Å²) in [7, 11) is 0. The van der Waals surface area contributed by atoms with E-state index < -0.39 is 0 Å². The molecule has 2 saturated carbocycles. The molecule has 0 saturated heterocycles. The lowest BCUT2D eigenvalue weighted by Gasteiger charge is -2.29. The molecule has 25 heavy (non-hydrogen) atoms. The molecule has 0 radical (unpaired) electrons. The molecule has 1 unspecified atom stereocenters. The molecule has 2 aliphatic rings. The number of halogens is 2. The van der Waals surface area contributed by atoms with E-state index in [2.05, 4.69) is 12.2 Å². The van der Waals surface area contributed by atoms with Crippen molar-refractivity contribution in [1.82, 2.24) is 10.3 Å². The molecule has 1 aromatic heterocycles. The molecule has 0 bridgehead atoms. The molecule has 0 aliphatic heterocycles. The van der Waals surface area contributed by atoms with E-state index in [1.165, 1.54) is 12.8 Å². The molecular weight excluding hydrogens is 357 g/mol. The molecule has 1 amide bonds. The van der Waals surface area contributed by atoms with Crippen LogP contribution < -0.4 is 11.1 Å². The normalized spacial score (nSPS) is 18.6. The van der Waals surface area contributed by atoms with Crippen LogP contribution in [-0.4, -0.2) is 23.0 Å². The number of carbonyl (C=O) groups is 1. The highest BCUT2D eigenvalue weighted by Crippen LogP contribution is 2.41. The average molecular weight is 382 g/mol. The number of hydrogen-bond donors (Lipinski definition) is 2. The standard InChI is InChI=1S/C19H23N3O.2ClH/c1-19(11-20,13-8-9-13)22-18(23)15-10-17(12-6-7-12)21-16-5-3-2-4-14(15)16;;/h2-5,10,12-13H,6-9,11,20H2,1H3,(H,22,23);2*1H. The number of hydrogen-bond acceptors (Lipinski definition) is 3. The van der Waals surface area contributed by atoms with Crippen LogP contribution in [0.15, 0.2) is 30.3 Å². The first kappa shape index (κ1) is 20.0. The van der Waals surface area contributed by atoms with Crippen molar-refractivity contribution in [3.8, 4) is 0 Å². The molecule has 3 N–H and O–H groups in total. The maximum Gasteiger partial charge on any atom is 0.252 e. The van der Waals surface area contributed by atoms with E-state index >= 15 is 0 Å². The Hall–Kier alpha value is -1.36. The van der Waals surface area contributed by atoms with Gasteiger partial charge in [-0.25, -0.2) is 0 Å². The summed E-state index contributed by atoms with van der Waals surface area (Å²) in [5.74, 6) is 1.01. The fraction of sp³-hybridized carbons (Fsp3) is 0.474. The number of nitrogens with zero attached hydrogens (tertiary/aromatic N) is 1. The summed E-state index contributed by atoms with van der Waals surface area (Å²) in [6.07, 6.45) is 4.65. The van der Waals surface area contributed by atoms with Crippen LogP contribution in [-0.2, 0) is 0 Å². The van der Waals surface area contributed by atoms with Gasteiger partial charge < -0.3 is 11.1 Å². The maximum absolute atomic E-state index is 13.0. The van der Waals surface area contributed by atoms with Gasteiger partial charge in [0.15, 0.2) is 0 Å². The van der Waals surface area contributed by atoms with E-state index in [4.69, 9.17) is 10.7 Å². The topological polar surface area (TPSA) is 68.0 Å². The van der Waals surface area contributed by atoms with Gasteiger partial charge in [0.1, 0.15) is 0 Å². The van der Waals surface area contributed by atoms with E-state index in [0.29, 0.717) is 18.4 Å². The summed E-state index contributed by atoms with van der Waals surface area (Å²) < 4.78 is 0. The van der Waals surface area contributed by atoms with Crippen molar-refractivity contribution in [3.05, 3.63) is 41.6 Å². The van der Waals surface area contributed by atoms with Crippen molar-refractivity contribution in [2.45, 2.75) is 44.1 Å². The Bertz CT molecular complexity index is 774. The van der Waals surface area contributed by atoms with E-state index in [0.717, 1.165) is 35.0 Å².